The Kier molecular flexibility index (Phi) is 8.29. The molecule has 0 saturated carbocycles. The van der Waals surface area contributed by atoms with Gasteiger partial charge in [-0.2, -0.15) is 5.26 Å². The van der Waals surface area contributed by atoms with Crippen molar-refractivity contribution in [2.45, 2.75) is 20.4 Å². The maximum atomic E-state index is 12.4. The van der Waals surface area contributed by atoms with Crippen LogP contribution in [0.1, 0.15) is 29.9 Å². The minimum atomic E-state index is -1.04. The minimum Gasteiger partial charge on any atom is -0.481 e. The Morgan fingerprint density at radius 3 is 2.63 bits per heavy atom. The second kappa shape index (κ2) is 10.2. The second-order valence-electron chi connectivity index (χ2n) is 5.83. The lowest BCUT2D eigenvalue weighted by Crippen LogP contribution is -2.37. The standard InChI is InChI=1S/C17H24N4O6/c1-5-27-16(24)14-13(12(8-18)10-21(14)6-7-26-4)19-17(25)20(3)9-11(2)15(22)23/h10-11H,5-7,9H2,1-4H3,(H,19,25)(H,22,23). The normalized spacial score (nSPS) is 11.4. The number of rotatable bonds is 9. The Balaban J connectivity index is 3.18. The molecule has 10 nitrogen and oxygen atoms in total. The summed E-state index contributed by atoms with van der Waals surface area (Å²) in [4.78, 5) is 36.9. The van der Waals surface area contributed by atoms with Gasteiger partial charge in [-0.25, -0.2) is 9.59 Å². The van der Waals surface area contributed by atoms with E-state index in [2.05, 4.69) is 5.32 Å². The van der Waals surface area contributed by atoms with Gasteiger partial charge in [-0.05, 0) is 6.92 Å². The first-order valence-corrected chi connectivity index (χ1v) is 8.30. The zero-order valence-corrected chi connectivity index (χ0v) is 15.8. The number of carboxylic acids is 1. The molecule has 0 spiro atoms. The third-order valence-corrected chi connectivity index (χ3v) is 3.75. The molecule has 0 fully saturated rings. The smallest absolute Gasteiger partial charge is 0.357 e. The molecule has 1 aromatic heterocycles. The van der Waals surface area contributed by atoms with Crippen LogP contribution >= 0.6 is 0 Å². The number of aromatic nitrogens is 1. The molecular formula is C17H24N4O6. The average Bonchev–Trinajstić information content (AvgIpc) is 2.97. The highest BCUT2D eigenvalue weighted by atomic mass is 16.5. The van der Waals surface area contributed by atoms with Crippen LogP contribution in [0.2, 0.25) is 0 Å². The first kappa shape index (κ1) is 22.0. The monoisotopic (exact) mass is 380 g/mol. The van der Waals surface area contributed by atoms with Crippen molar-refractivity contribution in [1.82, 2.24) is 9.47 Å². The molecule has 0 aliphatic rings. The van der Waals surface area contributed by atoms with Crippen molar-refractivity contribution < 1.29 is 29.0 Å². The lowest BCUT2D eigenvalue weighted by molar-refractivity contribution is -0.141. The van der Waals surface area contributed by atoms with Crippen molar-refractivity contribution in [1.29, 1.82) is 5.26 Å². The van der Waals surface area contributed by atoms with Crippen molar-refractivity contribution in [2.24, 2.45) is 5.92 Å². The molecule has 10 heteroatoms. The molecular weight excluding hydrogens is 356 g/mol. The molecule has 27 heavy (non-hydrogen) atoms. The van der Waals surface area contributed by atoms with Gasteiger partial charge in [0, 0.05) is 33.4 Å². The maximum absolute atomic E-state index is 12.4. The van der Waals surface area contributed by atoms with E-state index in [1.54, 1.807) is 6.92 Å². The number of aliphatic carboxylic acids is 1. The van der Waals surface area contributed by atoms with Crippen molar-refractivity contribution in [2.75, 3.05) is 39.2 Å². The topological polar surface area (TPSA) is 134 Å². The number of methoxy groups -OCH3 is 1. The fraction of sp³-hybridized carbons (Fsp3) is 0.529. The number of carbonyl (C=O) groups is 3. The summed E-state index contributed by atoms with van der Waals surface area (Å²) in [6.45, 7) is 3.77. The highest BCUT2D eigenvalue weighted by Gasteiger charge is 2.26. The molecule has 1 aromatic rings. The molecule has 0 aliphatic heterocycles. The van der Waals surface area contributed by atoms with Gasteiger partial charge in [0.05, 0.1) is 30.4 Å². The van der Waals surface area contributed by atoms with Gasteiger partial charge in [-0.1, -0.05) is 6.92 Å². The molecule has 148 valence electrons. The molecule has 1 unspecified atom stereocenters. The van der Waals surface area contributed by atoms with E-state index in [1.165, 1.54) is 36.7 Å². The van der Waals surface area contributed by atoms with Gasteiger partial charge in [0.2, 0.25) is 0 Å². The van der Waals surface area contributed by atoms with Gasteiger partial charge in [0.1, 0.15) is 6.07 Å². The number of urea groups is 1. The van der Waals surface area contributed by atoms with E-state index in [4.69, 9.17) is 14.6 Å². The fourth-order valence-electron chi connectivity index (χ4n) is 2.33. The van der Waals surface area contributed by atoms with Crippen LogP contribution in [-0.2, 0) is 20.8 Å². The number of nitrogens with zero attached hydrogens (tertiary/aromatic N) is 3. The van der Waals surface area contributed by atoms with E-state index in [9.17, 15) is 19.6 Å². The van der Waals surface area contributed by atoms with Crippen LogP contribution in [0.5, 0.6) is 0 Å². The first-order valence-electron chi connectivity index (χ1n) is 8.30. The third kappa shape index (κ3) is 5.72. The fourth-order valence-corrected chi connectivity index (χ4v) is 2.33. The largest absolute Gasteiger partial charge is 0.481 e. The number of nitriles is 1. The summed E-state index contributed by atoms with van der Waals surface area (Å²) in [6, 6.07) is 1.29. The summed E-state index contributed by atoms with van der Waals surface area (Å²) >= 11 is 0. The summed E-state index contributed by atoms with van der Waals surface area (Å²) < 4.78 is 11.5. The second-order valence-corrected chi connectivity index (χ2v) is 5.83. The van der Waals surface area contributed by atoms with Crippen molar-refractivity contribution in [3.05, 3.63) is 17.5 Å². The highest BCUT2D eigenvalue weighted by molar-refractivity contribution is 6.01. The van der Waals surface area contributed by atoms with Crippen molar-refractivity contribution >= 4 is 23.7 Å². The Labute approximate surface area is 157 Å². The van der Waals surface area contributed by atoms with Crippen LogP contribution < -0.4 is 5.32 Å². The molecule has 0 aliphatic carbocycles. The number of esters is 1. The number of hydrogen-bond donors (Lipinski definition) is 2. The molecule has 2 amide bonds. The Morgan fingerprint density at radius 2 is 2.11 bits per heavy atom. The van der Waals surface area contributed by atoms with Crippen LogP contribution in [0.3, 0.4) is 0 Å². The SMILES string of the molecule is CCOC(=O)c1c(NC(=O)N(C)CC(C)C(=O)O)c(C#N)cn1CCOC. The van der Waals surface area contributed by atoms with Gasteiger partial charge >= 0.3 is 18.0 Å². The molecule has 1 rings (SSSR count). The highest BCUT2D eigenvalue weighted by Crippen LogP contribution is 2.25. The maximum Gasteiger partial charge on any atom is 0.357 e. The molecule has 1 heterocycles. The van der Waals surface area contributed by atoms with Crippen molar-refractivity contribution in [3.63, 3.8) is 0 Å². The number of nitrogens with one attached hydrogen (secondary N) is 1. The predicted molar refractivity (Wildman–Crippen MR) is 95.4 cm³/mol. The van der Waals surface area contributed by atoms with Gasteiger partial charge < -0.3 is 29.4 Å². The van der Waals surface area contributed by atoms with Gasteiger partial charge in [-0.3, -0.25) is 4.79 Å². The predicted octanol–water partition coefficient (Wildman–Crippen LogP) is 1.37. The molecule has 0 aromatic carbocycles. The van der Waals surface area contributed by atoms with Crippen LogP contribution in [0.25, 0.3) is 0 Å². The summed E-state index contributed by atoms with van der Waals surface area (Å²) in [7, 11) is 2.92. The number of ether oxygens (including phenoxy) is 2. The molecule has 0 radical (unpaired) electrons. The summed E-state index contributed by atoms with van der Waals surface area (Å²) in [5.41, 5.74) is 0.132. The molecule has 0 saturated heterocycles. The van der Waals surface area contributed by atoms with Gasteiger partial charge in [0.15, 0.2) is 5.69 Å². The zero-order valence-electron chi connectivity index (χ0n) is 15.8. The van der Waals surface area contributed by atoms with Crippen LogP contribution in [-0.4, -0.2) is 66.5 Å². The average molecular weight is 380 g/mol. The minimum absolute atomic E-state index is 0.0203. The van der Waals surface area contributed by atoms with Crippen LogP contribution in [0.15, 0.2) is 6.20 Å². The zero-order chi connectivity index (χ0) is 20.6. The quantitative estimate of drug-likeness (QED) is 0.618. The molecule has 0 bridgehead atoms. The van der Waals surface area contributed by atoms with E-state index in [1.807, 2.05) is 6.07 Å². The number of anilines is 1. The third-order valence-electron chi connectivity index (χ3n) is 3.75. The van der Waals surface area contributed by atoms with E-state index < -0.39 is 23.9 Å². The Bertz CT molecular complexity index is 737. The van der Waals surface area contributed by atoms with Gasteiger partial charge in [-0.15, -0.1) is 0 Å². The lowest BCUT2D eigenvalue weighted by Gasteiger charge is -2.20. The lowest BCUT2D eigenvalue weighted by atomic mass is 10.2. The Morgan fingerprint density at radius 1 is 1.44 bits per heavy atom. The summed E-state index contributed by atoms with van der Waals surface area (Å²) in [5, 5.41) is 20.9. The first-order chi connectivity index (χ1) is 12.8. The summed E-state index contributed by atoms with van der Waals surface area (Å²) in [5.74, 6) is -2.50. The molecule has 2 N–H and O–H groups in total. The number of hydrogen-bond acceptors (Lipinski definition) is 6. The van der Waals surface area contributed by atoms with Gasteiger partial charge in [0.25, 0.3) is 0 Å². The Hall–Kier alpha value is -3.06. The van der Waals surface area contributed by atoms with Crippen LogP contribution in [0.4, 0.5) is 10.5 Å². The number of amides is 2. The summed E-state index contributed by atoms with van der Waals surface area (Å²) in [6.07, 6.45) is 1.43. The van der Waals surface area contributed by atoms with Crippen molar-refractivity contribution in [3.8, 4) is 6.07 Å². The van der Waals surface area contributed by atoms with E-state index in [0.717, 1.165) is 0 Å². The van der Waals surface area contributed by atoms with Crippen LogP contribution in [0, 0.1) is 17.2 Å². The van der Waals surface area contributed by atoms with E-state index in [-0.39, 0.29) is 43.2 Å². The molecule has 1 atom stereocenters. The van der Waals surface area contributed by atoms with E-state index >= 15 is 0 Å². The number of carbonyl (C=O) groups excluding carboxylic acids is 2. The van der Waals surface area contributed by atoms with E-state index in [0.29, 0.717) is 0 Å². The number of carboxylic acid groups (broad SMARTS) is 1.